The zero-order chi connectivity index (χ0) is 24.6. The first-order chi connectivity index (χ1) is 18.3. The maximum Gasteiger partial charge on any atom is 0.159 e. The lowest BCUT2D eigenvalue weighted by Gasteiger charge is -2.11. The van der Waals surface area contributed by atoms with Crippen LogP contribution in [0.2, 0.25) is 0 Å². The average Bonchev–Trinajstić information content (AvgIpc) is 3.74. The first-order valence-electron chi connectivity index (χ1n) is 12.7. The highest BCUT2D eigenvalue weighted by Gasteiger charge is 2.17. The second kappa shape index (κ2) is 9.49. The Morgan fingerprint density at radius 3 is 2.81 bits per heavy atom. The highest BCUT2D eigenvalue weighted by atomic mass is 32.1. The van der Waals surface area contributed by atoms with Gasteiger partial charge in [-0.2, -0.15) is 5.10 Å². The van der Waals surface area contributed by atoms with Gasteiger partial charge in [-0.25, -0.2) is 4.98 Å². The molecule has 0 amide bonds. The molecule has 0 aromatic carbocycles. The third-order valence-corrected chi connectivity index (χ3v) is 8.08. The molecule has 0 atom stereocenters. The van der Waals surface area contributed by atoms with Crippen LogP contribution in [0, 0.1) is 5.92 Å². The van der Waals surface area contributed by atoms with Crippen molar-refractivity contribution in [3.05, 3.63) is 66.2 Å². The second-order valence-corrected chi connectivity index (χ2v) is 10.6. The molecule has 0 saturated heterocycles. The van der Waals surface area contributed by atoms with Gasteiger partial charge in [-0.05, 0) is 54.4 Å². The first kappa shape index (κ1) is 22.3. The van der Waals surface area contributed by atoms with Crippen molar-refractivity contribution in [1.29, 1.82) is 0 Å². The molecule has 6 heterocycles. The normalized spacial score (nSPS) is 14.3. The van der Waals surface area contributed by atoms with E-state index in [4.69, 9.17) is 4.98 Å². The van der Waals surface area contributed by atoms with E-state index in [0.29, 0.717) is 5.82 Å². The number of thiophene rings is 1. The van der Waals surface area contributed by atoms with Crippen molar-refractivity contribution >= 4 is 33.3 Å². The fraction of sp³-hybridized carbons (Fsp3) is 0.250. The summed E-state index contributed by atoms with van der Waals surface area (Å²) in [6.07, 6.45) is 14.7. The standard InChI is InChI=1S/C28H26N8S/c1-2-5-17(4-1)10-29-11-18-8-19(13-30-12-18)22-9-20-23(16-32-22)35-36-27(20)28-33-24-15-31-14-21(26(24)34-28)25-6-3-7-37-25/h3,6-9,12-17,29H,1-2,4-5,10-11H2,(H,33,34)(H,35,36). The number of H-pyrrole nitrogens is 2. The lowest BCUT2D eigenvalue weighted by Crippen LogP contribution is -2.20. The summed E-state index contributed by atoms with van der Waals surface area (Å²) in [5, 5.41) is 14.3. The summed E-state index contributed by atoms with van der Waals surface area (Å²) in [5.41, 5.74) is 7.42. The van der Waals surface area contributed by atoms with E-state index in [1.807, 2.05) is 37.1 Å². The molecular formula is C28H26N8S. The van der Waals surface area contributed by atoms with Crippen LogP contribution in [0.15, 0.2) is 60.6 Å². The smallest absolute Gasteiger partial charge is 0.159 e. The number of pyridine rings is 3. The van der Waals surface area contributed by atoms with E-state index in [0.717, 1.165) is 73.9 Å². The maximum atomic E-state index is 4.93. The monoisotopic (exact) mass is 506 g/mol. The Hall–Kier alpha value is -3.95. The fourth-order valence-corrected chi connectivity index (χ4v) is 6.01. The molecule has 0 spiro atoms. The number of hydrogen-bond acceptors (Lipinski definition) is 7. The van der Waals surface area contributed by atoms with Gasteiger partial charge in [0.15, 0.2) is 5.82 Å². The largest absolute Gasteiger partial charge is 0.335 e. The molecule has 1 fully saturated rings. The van der Waals surface area contributed by atoms with Crippen molar-refractivity contribution in [3.63, 3.8) is 0 Å². The minimum Gasteiger partial charge on any atom is -0.335 e. The Balaban J connectivity index is 1.20. The Bertz CT molecular complexity index is 1680. The number of aromatic amines is 2. The molecular weight excluding hydrogens is 480 g/mol. The summed E-state index contributed by atoms with van der Waals surface area (Å²) in [6, 6.07) is 8.36. The number of fused-ring (bicyclic) bond motifs is 2. The van der Waals surface area contributed by atoms with E-state index in [1.54, 1.807) is 11.3 Å². The van der Waals surface area contributed by atoms with Crippen molar-refractivity contribution in [2.75, 3.05) is 6.54 Å². The van der Waals surface area contributed by atoms with Gasteiger partial charge in [0.2, 0.25) is 0 Å². The number of hydrogen-bond donors (Lipinski definition) is 3. The summed E-state index contributed by atoms with van der Waals surface area (Å²) in [7, 11) is 0. The third kappa shape index (κ3) is 4.30. The lowest BCUT2D eigenvalue weighted by atomic mass is 10.1. The molecule has 0 aliphatic heterocycles. The number of rotatable bonds is 7. The molecule has 184 valence electrons. The van der Waals surface area contributed by atoms with Crippen LogP contribution in [0.1, 0.15) is 31.2 Å². The average molecular weight is 507 g/mol. The van der Waals surface area contributed by atoms with Crippen molar-refractivity contribution in [1.82, 2.24) is 40.4 Å². The molecule has 0 bridgehead atoms. The van der Waals surface area contributed by atoms with Gasteiger partial charge in [-0.1, -0.05) is 18.9 Å². The van der Waals surface area contributed by atoms with Crippen molar-refractivity contribution in [2.24, 2.45) is 5.92 Å². The molecule has 1 aliphatic rings. The molecule has 6 aromatic rings. The predicted molar refractivity (Wildman–Crippen MR) is 147 cm³/mol. The summed E-state index contributed by atoms with van der Waals surface area (Å²) < 4.78 is 0. The summed E-state index contributed by atoms with van der Waals surface area (Å²) in [5.74, 6) is 1.52. The van der Waals surface area contributed by atoms with E-state index in [-0.39, 0.29) is 0 Å². The van der Waals surface area contributed by atoms with E-state index in [1.165, 1.54) is 25.7 Å². The quantitative estimate of drug-likeness (QED) is 0.246. The minimum atomic E-state index is 0.701. The van der Waals surface area contributed by atoms with Crippen molar-refractivity contribution in [3.8, 4) is 33.2 Å². The van der Waals surface area contributed by atoms with Gasteiger partial charge in [0.25, 0.3) is 0 Å². The van der Waals surface area contributed by atoms with Gasteiger partial charge in [-0.3, -0.25) is 20.1 Å². The summed E-state index contributed by atoms with van der Waals surface area (Å²) >= 11 is 1.68. The molecule has 0 radical (unpaired) electrons. The number of aromatic nitrogens is 7. The maximum absolute atomic E-state index is 4.93. The highest BCUT2D eigenvalue weighted by molar-refractivity contribution is 7.13. The number of nitrogens with one attached hydrogen (secondary N) is 3. The summed E-state index contributed by atoms with van der Waals surface area (Å²) in [4.78, 5) is 23.1. The van der Waals surface area contributed by atoms with Crippen LogP contribution in [0.3, 0.4) is 0 Å². The molecule has 1 saturated carbocycles. The molecule has 37 heavy (non-hydrogen) atoms. The fourth-order valence-electron chi connectivity index (χ4n) is 5.27. The van der Waals surface area contributed by atoms with E-state index in [9.17, 15) is 0 Å². The minimum absolute atomic E-state index is 0.701. The Labute approximate surface area is 217 Å². The van der Waals surface area contributed by atoms with Gasteiger partial charge >= 0.3 is 0 Å². The van der Waals surface area contributed by atoms with Gasteiger partial charge in [-0.15, -0.1) is 11.3 Å². The number of imidazole rings is 1. The molecule has 7 rings (SSSR count). The van der Waals surface area contributed by atoms with Crippen LogP contribution in [-0.4, -0.2) is 41.7 Å². The molecule has 1 aliphatic carbocycles. The lowest BCUT2D eigenvalue weighted by molar-refractivity contribution is 0.489. The zero-order valence-electron chi connectivity index (χ0n) is 20.2. The molecule has 9 heteroatoms. The first-order valence-corrected chi connectivity index (χ1v) is 13.6. The SMILES string of the molecule is c1csc(-c2cncc3[nH]c(-c4n[nH]c5cnc(-c6cncc(CNCC7CCCC7)c6)cc45)nc23)c1. The molecule has 6 aromatic heterocycles. The molecule has 8 nitrogen and oxygen atoms in total. The van der Waals surface area contributed by atoms with Gasteiger partial charge in [0, 0.05) is 46.5 Å². The molecule has 0 unspecified atom stereocenters. The van der Waals surface area contributed by atoms with Crippen LogP contribution in [0.4, 0.5) is 0 Å². The van der Waals surface area contributed by atoms with Gasteiger partial charge in [0.1, 0.15) is 11.2 Å². The predicted octanol–water partition coefficient (Wildman–Crippen LogP) is 5.97. The Morgan fingerprint density at radius 1 is 1.00 bits per heavy atom. The van der Waals surface area contributed by atoms with Crippen LogP contribution >= 0.6 is 11.3 Å². The third-order valence-electron chi connectivity index (χ3n) is 7.18. The zero-order valence-corrected chi connectivity index (χ0v) is 21.1. The Morgan fingerprint density at radius 2 is 1.92 bits per heavy atom. The molecule has 3 N–H and O–H groups in total. The number of nitrogens with zero attached hydrogens (tertiary/aromatic N) is 5. The van der Waals surface area contributed by atoms with E-state index >= 15 is 0 Å². The van der Waals surface area contributed by atoms with Crippen LogP contribution in [0.5, 0.6) is 0 Å². The van der Waals surface area contributed by atoms with Crippen molar-refractivity contribution < 1.29 is 0 Å². The second-order valence-electron chi connectivity index (χ2n) is 9.70. The van der Waals surface area contributed by atoms with Crippen LogP contribution in [0.25, 0.3) is 55.2 Å². The Kier molecular flexibility index (Phi) is 5.71. The van der Waals surface area contributed by atoms with E-state index in [2.05, 4.69) is 59.0 Å². The van der Waals surface area contributed by atoms with Gasteiger partial charge < -0.3 is 10.3 Å². The topological polar surface area (TPSA) is 108 Å². The van der Waals surface area contributed by atoms with Crippen molar-refractivity contribution in [2.45, 2.75) is 32.2 Å². The van der Waals surface area contributed by atoms with Gasteiger partial charge in [0.05, 0.1) is 29.1 Å². The van der Waals surface area contributed by atoms with E-state index < -0.39 is 0 Å². The summed E-state index contributed by atoms with van der Waals surface area (Å²) in [6.45, 7) is 1.89. The van der Waals surface area contributed by atoms with Crippen LogP contribution in [-0.2, 0) is 6.54 Å². The highest BCUT2D eigenvalue weighted by Crippen LogP contribution is 2.33. The van der Waals surface area contributed by atoms with Crippen LogP contribution < -0.4 is 5.32 Å².